The quantitative estimate of drug-likeness (QED) is 0.0130. The van der Waals surface area contributed by atoms with E-state index in [0.29, 0.717) is 54.9 Å². The van der Waals surface area contributed by atoms with E-state index in [9.17, 15) is 19.2 Å². The van der Waals surface area contributed by atoms with Crippen LogP contribution >= 0.6 is 0 Å². The largest absolute Gasteiger partial charge is 0.494 e. The summed E-state index contributed by atoms with van der Waals surface area (Å²) in [6, 6.07) is 46.2. The summed E-state index contributed by atoms with van der Waals surface area (Å²) in [6.07, 6.45) is 11.9. The Bertz CT molecular complexity index is 3260. The lowest BCUT2D eigenvalue weighted by atomic mass is 10.1. The molecule has 77 heavy (non-hydrogen) atoms. The number of hydrogen-bond acceptors (Lipinski definition) is 14. The second-order valence-corrected chi connectivity index (χ2v) is 17.7. The Morgan fingerprint density at radius 1 is 0.468 bits per heavy atom. The molecular weight excluding hydrogens is 973 g/mol. The van der Waals surface area contributed by atoms with Gasteiger partial charge < -0.3 is 28.4 Å². The van der Waals surface area contributed by atoms with Crippen molar-refractivity contribution in [1.29, 1.82) is 0 Å². The van der Waals surface area contributed by atoms with E-state index in [1.807, 2.05) is 91.0 Å². The molecule has 7 aromatic rings. The summed E-state index contributed by atoms with van der Waals surface area (Å²) in [5, 5.41) is 15.9. The Labute approximate surface area is 447 Å². The average molecular weight is 1030 g/mol. The molecule has 0 saturated carbocycles. The molecule has 0 radical (unpaired) electrons. The molecular formula is C63H58N4O10. The molecule has 0 unspecified atom stereocenters. The van der Waals surface area contributed by atoms with Crippen molar-refractivity contribution in [2.45, 2.75) is 51.4 Å². The van der Waals surface area contributed by atoms with Crippen molar-refractivity contribution >= 4 is 58.5 Å². The van der Waals surface area contributed by atoms with Gasteiger partial charge in [-0.05, 0) is 146 Å². The number of fused-ring (bicyclic) bond motifs is 4. The molecule has 1 aliphatic rings. The van der Waals surface area contributed by atoms with Gasteiger partial charge in [-0.15, -0.1) is 5.10 Å². The summed E-state index contributed by atoms with van der Waals surface area (Å²) < 4.78 is 34.2. The van der Waals surface area contributed by atoms with Gasteiger partial charge in [-0.1, -0.05) is 92.0 Å². The van der Waals surface area contributed by atoms with Gasteiger partial charge in [0.05, 0.1) is 55.7 Å². The van der Waals surface area contributed by atoms with Gasteiger partial charge >= 0.3 is 23.9 Å². The third kappa shape index (κ3) is 15.3. The van der Waals surface area contributed by atoms with E-state index < -0.39 is 23.9 Å². The predicted molar refractivity (Wildman–Crippen MR) is 300 cm³/mol. The van der Waals surface area contributed by atoms with Crippen LogP contribution in [0.2, 0.25) is 0 Å². The molecule has 1 N–H and O–H groups in total. The fraction of sp³-hybridized carbons (Fsp3) is 0.190. The maximum Gasteiger partial charge on any atom is 0.343 e. The van der Waals surface area contributed by atoms with Gasteiger partial charge in [-0.3, -0.25) is 5.43 Å². The van der Waals surface area contributed by atoms with Crippen LogP contribution in [0, 0.1) is 0 Å². The van der Waals surface area contributed by atoms with E-state index >= 15 is 0 Å². The first-order valence-electron chi connectivity index (χ1n) is 25.5. The van der Waals surface area contributed by atoms with Crippen molar-refractivity contribution in [3.8, 4) is 34.1 Å². The van der Waals surface area contributed by atoms with Crippen molar-refractivity contribution in [1.82, 2.24) is 0 Å². The van der Waals surface area contributed by atoms with Crippen molar-refractivity contribution in [3.63, 3.8) is 0 Å². The minimum atomic E-state index is -0.663. The monoisotopic (exact) mass is 1030 g/mol. The van der Waals surface area contributed by atoms with Gasteiger partial charge in [-0.25, -0.2) is 19.2 Å². The lowest BCUT2D eigenvalue weighted by Gasteiger charge is -2.14. The zero-order valence-electron chi connectivity index (χ0n) is 42.6. The number of nitrogens with zero attached hydrogens (tertiary/aromatic N) is 3. The number of nitrogens with one attached hydrogen (secondary N) is 1. The molecule has 0 heterocycles. The minimum absolute atomic E-state index is 0.0929. The van der Waals surface area contributed by atoms with Crippen LogP contribution in [0.4, 0.5) is 5.69 Å². The van der Waals surface area contributed by atoms with Crippen LogP contribution in [-0.4, -0.2) is 68.4 Å². The topological polar surface area (TPSA) is 173 Å². The molecule has 1 aliphatic carbocycles. The Morgan fingerprint density at radius 3 is 1.43 bits per heavy atom. The van der Waals surface area contributed by atoms with Crippen LogP contribution in [0.5, 0.6) is 23.0 Å². The summed E-state index contributed by atoms with van der Waals surface area (Å²) in [4.78, 5) is 50.5. The SMILES string of the molecule is C=CC(=O)OCCCCCCOc1ccc(C(=O)Oc2cc(/C=N/Nc3ccc4ccccc4c3)c(OC(=O)c3ccc(OCCCCCCOC(=O)C=C)cc3)cc2/C=N/N=C2c3ccccc3-c3ccccc32)cc1. The van der Waals surface area contributed by atoms with E-state index in [1.165, 1.54) is 12.4 Å². The van der Waals surface area contributed by atoms with Gasteiger partial charge in [0, 0.05) is 34.4 Å². The fourth-order valence-electron chi connectivity index (χ4n) is 8.31. The number of esters is 4. The highest BCUT2D eigenvalue weighted by atomic mass is 16.5. The van der Waals surface area contributed by atoms with Crippen molar-refractivity contribution in [3.05, 3.63) is 210 Å². The maximum atomic E-state index is 14.0. The van der Waals surface area contributed by atoms with Gasteiger partial charge in [0.15, 0.2) is 0 Å². The second kappa shape index (κ2) is 27.7. The molecule has 14 nitrogen and oxygen atoms in total. The molecule has 0 fully saturated rings. The standard InChI is InChI=1S/C63H58N4O10/c1-3-59(68)74-37-17-7-5-15-35-72-51-31-26-45(27-32-51)62(70)76-57-41-49(43-65-67-61-55-23-13-11-21-53(55)54-22-12-14-24-56(54)61)58(40-48(57)42-64-66-50-30-25-44-19-9-10-20-47(44)39-50)77-63(71)46-28-33-52(34-29-46)73-36-16-6-8-18-38-75-60(69)4-2/h3-4,9-14,19-34,39-43,66H,1-2,5-8,15-18,35-38H2/b64-42+,65-43+. The minimum Gasteiger partial charge on any atom is -0.494 e. The predicted octanol–water partition coefficient (Wildman–Crippen LogP) is 12.9. The molecule has 0 aliphatic heterocycles. The van der Waals surface area contributed by atoms with Gasteiger partial charge in [-0.2, -0.15) is 10.2 Å². The fourth-order valence-corrected chi connectivity index (χ4v) is 8.31. The number of hydrogen-bond donors (Lipinski definition) is 1. The van der Waals surface area contributed by atoms with Crippen LogP contribution in [0.3, 0.4) is 0 Å². The number of unbranched alkanes of at least 4 members (excludes halogenated alkanes) is 6. The molecule has 0 saturated heterocycles. The van der Waals surface area contributed by atoms with E-state index in [-0.39, 0.29) is 28.2 Å². The molecule has 0 bridgehead atoms. The number of benzene rings is 7. The second-order valence-electron chi connectivity index (χ2n) is 17.7. The highest BCUT2D eigenvalue weighted by Crippen LogP contribution is 2.37. The number of ether oxygens (including phenoxy) is 6. The Morgan fingerprint density at radius 2 is 0.922 bits per heavy atom. The lowest BCUT2D eigenvalue weighted by Crippen LogP contribution is -2.13. The molecule has 7 aromatic carbocycles. The van der Waals surface area contributed by atoms with E-state index in [2.05, 4.69) is 28.8 Å². The number of carbonyl (C=O) groups excluding carboxylic acids is 4. The number of hydrazone groups is 1. The third-order valence-electron chi connectivity index (χ3n) is 12.3. The van der Waals surface area contributed by atoms with E-state index in [4.69, 9.17) is 33.5 Å². The number of rotatable bonds is 27. The first kappa shape index (κ1) is 53.8. The smallest absolute Gasteiger partial charge is 0.343 e. The summed E-state index contributed by atoms with van der Waals surface area (Å²) in [7, 11) is 0. The first-order chi connectivity index (χ1) is 37.8. The van der Waals surface area contributed by atoms with Gasteiger partial charge in [0.2, 0.25) is 0 Å². The zero-order chi connectivity index (χ0) is 53.6. The van der Waals surface area contributed by atoms with Crippen LogP contribution in [0.15, 0.2) is 192 Å². The molecule has 14 heteroatoms. The van der Waals surface area contributed by atoms with Crippen molar-refractivity contribution < 1.29 is 47.6 Å². The third-order valence-corrected chi connectivity index (χ3v) is 12.3. The van der Waals surface area contributed by atoms with Crippen LogP contribution in [0.1, 0.15) is 94.3 Å². The highest BCUT2D eigenvalue weighted by molar-refractivity contribution is 6.24. The summed E-state index contributed by atoms with van der Waals surface area (Å²) >= 11 is 0. The van der Waals surface area contributed by atoms with Crippen molar-refractivity contribution in [2.75, 3.05) is 31.9 Å². The van der Waals surface area contributed by atoms with Crippen molar-refractivity contribution in [2.24, 2.45) is 15.3 Å². The van der Waals surface area contributed by atoms with E-state index in [0.717, 1.165) is 96.5 Å². The molecule has 0 aromatic heterocycles. The first-order valence-corrected chi connectivity index (χ1v) is 25.5. The Kier molecular flexibility index (Phi) is 19.4. The Hall–Kier alpha value is -9.43. The van der Waals surface area contributed by atoms with E-state index in [1.54, 1.807) is 60.7 Å². The Balaban J connectivity index is 1.03. The molecule has 8 rings (SSSR count). The molecule has 0 spiro atoms. The average Bonchev–Trinajstić information content (AvgIpc) is 3.78. The molecule has 390 valence electrons. The summed E-state index contributed by atoms with van der Waals surface area (Å²) in [5.41, 5.74) is 9.49. The van der Waals surface area contributed by atoms with Gasteiger partial charge in [0.25, 0.3) is 0 Å². The lowest BCUT2D eigenvalue weighted by molar-refractivity contribution is -0.138. The van der Waals surface area contributed by atoms with Gasteiger partial charge in [0.1, 0.15) is 28.7 Å². The zero-order valence-corrected chi connectivity index (χ0v) is 42.6. The van der Waals surface area contributed by atoms with Crippen LogP contribution in [-0.2, 0) is 19.1 Å². The maximum absolute atomic E-state index is 14.0. The summed E-state index contributed by atoms with van der Waals surface area (Å²) in [6.45, 7) is 8.45. The summed E-state index contributed by atoms with van der Waals surface area (Å²) in [5.74, 6) is -0.811. The highest BCUT2D eigenvalue weighted by Gasteiger charge is 2.24. The number of carbonyl (C=O) groups is 4. The number of anilines is 1. The normalized spacial score (nSPS) is 11.4. The molecule has 0 amide bonds. The van der Waals surface area contributed by atoms with Crippen LogP contribution in [0.25, 0.3) is 21.9 Å². The van der Waals surface area contributed by atoms with Crippen LogP contribution < -0.4 is 24.4 Å². The molecule has 0 atom stereocenters.